The largest absolute Gasteiger partial charge is 0.494 e. The van der Waals surface area contributed by atoms with E-state index < -0.39 is 0 Å². The van der Waals surface area contributed by atoms with Gasteiger partial charge in [-0.2, -0.15) is 0 Å². The van der Waals surface area contributed by atoms with Gasteiger partial charge in [0.05, 0.1) is 18.4 Å². The maximum Gasteiger partial charge on any atom is 0.254 e. The molecular formula is C24H27N5O3S. The van der Waals surface area contributed by atoms with Crippen LogP contribution < -0.4 is 10.1 Å². The van der Waals surface area contributed by atoms with Crippen molar-refractivity contribution in [2.24, 2.45) is 7.05 Å². The van der Waals surface area contributed by atoms with Crippen molar-refractivity contribution < 1.29 is 14.3 Å². The molecule has 1 saturated heterocycles. The second-order valence-corrected chi connectivity index (χ2v) is 8.74. The van der Waals surface area contributed by atoms with E-state index in [-0.39, 0.29) is 23.6 Å². The highest BCUT2D eigenvalue weighted by Crippen LogP contribution is 2.34. The third kappa shape index (κ3) is 5.54. The lowest BCUT2D eigenvalue weighted by molar-refractivity contribution is -0.113. The van der Waals surface area contributed by atoms with Crippen LogP contribution in [-0.2, 0) is 11.8 Å². The zero-order valence-electron chi connectivity index (χ0n) is 18.7. The van der Waals surface area contributed by atoms with E-state index in [1.165, 1.54) is 11.8 Å². The van der Waals surface area contributed by atoms with Crippen LogP contribution in [0.2, 0.25) is 0 Å². The first-order chi connectivity index (χ1) is 16.0. The summed E-state index contributed by atoms with van der Waals surface area (Å²) in [5.41, 5.74) is 2.38. The molecule has 0 saturated carbocycles. The molecule has 1 aliphatic heterocycles. The van der Waals surface area contributed by atoms with Gasteiger partial charge in [0.1, 0.15) is 12.1 Å². The number of likely N-dealkylation sites (tertiary alicyclic amines) is 1. The highest BCUT2D eigenvalue weighted by molar-refractivity contribution is 7.99. The number of rotatable bonds is 8. The Morgan fingerprint density at radius 2 is 1.91 bits per heavy atom. The number of thioether (sulfide) groups is 1. The Balaban J connectivity index is 1.36. The number of hydrogen-bond acceptors (Lipinski definition) is 6. The Kier molecular flexibility index (Phi) is 7.29. The van der Waals surface area contributed by atoms with Gasteiger partial charge in [0, 0.05) is 24.8 Å². The molecule has 4 rings (SSSR count). The van der Waals surface area contributed by atoms with E-state index in [0.29, 0.717) is 23.0 Å². The summed E-state index contributed by atoms with van der Waals surface area (Å²) in [7, 11) is 1.83. The molecule has 1 atom stereocenters. The number of aromatic nitrogens is 3. The molecular weight excluding hydrogens is 438 g/mol. The average molecular weight is 466 g/mol. The van der Waals surface area contributed by atoms with Gasteiger partial charge in [0.25, 0.3) is 5.91 Å². The third-order valence-corrected chi connectivity index (χ3v) is 6.54. The molecule has 0 radical (unpaired) electrons. The molecule has 33 heavy (non-hydrogen) atoms. The number of anilines is 1. The Bertz CT molecular complexity index is 1100. The zero-order valence-corrected chi connectivity index (χ0v) is 19.5. The van der Waals surface area contributed by atoms with Crippen molar-refractivity contribution in [2.45, 2.75) is 31.0 Å². The molecule has 1 aliphatic rings. The van der Waals surface area contributed by atoms with Crippen molar-refractivity contribution in [3.05, 3.63) is 66.0 Å². The molecule has 1 fully saturated rings. The Morgan fingerprint density at radius 1 is 1.15 bits per heavy atom. The zero-order chi connectivity index (χ0) is 23.2. The van der Waals surface area contributed by atoms with E-state index in [1.54, 1.807) is 35.2 Å². The summed E-state index contributed by atoms with van der Waals surface area (Å²) >= 11 is 1.32. The molecule has 8 nitrogen and oxygen atoms in total. The van der Waals surface area contributed by atoms with Gasteiger partial charge >= 0.3 is 0 Å². The van der Waals surface area contributed by atoms with Crippen LogP contribution in [0.4, 0.5) is 5.69 Å². The number of amides is 2. The van der Waals surface area contributed by atoms with Gasteiger partial charge in [-0.25, -0.2) is 0 Å². The minimum absolute atomic E-state index is 0.00194. The topological polar surface area (TPSA) is 89.3 Å². The van der Waals surface area contributed by atoms with Crippen LogP contribution in [0.5, 0.6) is 5.75 Å². The van der Waals surface area contributed by atoms with E-state index in [2.05, 4.69) is 15.5 Å². The van der Waals surface area contributed by atoms with Crippen molar-refractivity contribution in [3.63, 3.8) is 0 Å². The van der Waals surface area contributed by atoms with Crippen LogP contribution >= 0.6 is 11.8 Å². The predicted octanol–water partition coefficient (Wildman–Crippen LogP) is 3.92. The van der Waals surface area contributed by atoms with Gasteiger partial charge in [-0.1, -0.05) is 23.9 Å². The summed E-state index contributed by atoms with van der Waals surface area (Å²) in [6.07, 6.45) is 3.51. The number of hydrogen-bond donors (Lipinski definition) is 1. The molecule has 2 heterocycles. The molecule has 0 spiro atoms. The number of carbonyl (C=O) groups is 2. The number of nitrogens with zero attached hydrogens (tertiary/aromatic N) is 4. The van der Waals surface area contributed by atoms with E-state index in [0.717, 1.165) is 30.7 Å². The number of aryl methyl sites for hydroxylation is 1. The SMILES string of the molecule is CCOc1ccc(C2CCCN2C(=O)c2ccc(NC(=O)CSc3nncn3C)cc2)cc1. The number of ether oxygens (including phenoxy) is 1. The van der Waals surface area contributed by atoms with Crippen molar-refractivity contribution >= 4 is 29.3 Å². The number of nitrogens with one attached hydrogen (secondary N) is 1. The maximum absolute atomic E-state index is 13.2. The van der Waals surface area contributed by atoms with Crippen LogP contribution in [0.3, 0.4) is 0 Å². The average Bonchev–Trinajstić information content (AvgIpc) is 3.47. The predicted molar refractivity (Wildman–Crippen MR) is 127 cm³/mol. The number of benzene rings is 2. The van der Waals surface area contributed by atoms with E-state index >= 15 is 0 Å². The van der Waals surface area contributed by atoms with Gasteiger partial charge in [0.15, 0.2) is 5.16 Å². The van der Waals surface area contributed by atoms with Crippen LogP contribution in [0.15, 0.2) is 60.0 Å². The molecule has 2 aromatic carbocycles. The van der Waals surface area contributed by atoms with Gasteiger partial charge in [-0.15, -0.1) is 10.2 Å². The van der Waals surface area contributed by atoms with Crippen molar-refractivity contribution in [1.29, 1.82) is 0 Å². The van der Waals surface area contributed by atoms with Gasteiger partial charge in [-0.3, -0.25) is 9.59 Å². The highest BCUT2D eigenvalue weighted by Gasteiger charge is 2.30. The maximum atomic E-state index is 13.2. The standard InChI is InChI=1S/C24H27N5O3S/c1-3-32-20-12-8-17(9-13-20)21-5-4-14-29(21)23(31)18-6-10-19(11-7-18)26-22(30)15-33-24-27-25-16-28(24)2/h6-13,16,21H,3-5,14-15H2,1-2H3,(H,26,30). The summed E-state index contributed by atoms with van der Waals surface area (Å²) < 4.78 is 7.29. The lowest BCUT2D eigenvalue weighted by Gasteiger charge is -2.25. The molecule has 2 amide bonds. The Labute approximate surface area is 197 Å². The Morgan fingerprint density at radius 3 is 2.58 bits per heavy atom. The minimum atomic E-state index is -0.141. The first kappa shape index (κ1) is 22.8. The molecule has 0 bridgehead atoms. The quantitative estimate of drug-likeness (QED) is 0.507. The monoisotopic (exact) mass is 465 g/mol. The number of carbonyl (C=O) groups excluding carboxylic acids is 2. The fourth-order valence-corrected chi connectivity index (χ4v) is 4.59. The van der Waals surface area contributed by atoms with Crippen LogP contribution in [0.1, 0.15) is 41.7 Å². The summed E-state index contributed by atoms with van der Waals surface area (Å²) in [5.74, 6) is 0.925. The van der Waals surface area contributed by atoms with Gasteiger partial charge < -0.3 is 19.5 Å². The first-order valence-corrected chi connectivity index (χ1v) is 11.9. The molecule has 172 valence electrons. The fraction of sp³-hybridized carbons (Fsp3) is 0.333. The van der Waals surface area contributed by atoms with Crippen molar-refractivity contribution in [2.75, 3.05) is 24.2 Å². The summed E-state index contributed by atoms with van der Waals surface area (Å²) in [6, 6.07) is 15.1. The molecule has 1 N–H and O–H groups in total. The summed E-state index contributed by atoms with van der Waals surface area (Å²) in [5, 5.41) is 11.3. The van der Waals surface area contributed by atoms with Crippen molar-refractivity contribution in [3.8, 4) is 5.75 Å². The molecule has 1 aromatic heterocycles. The highest BCUT2D eigenvalue weighted by atomic mass is 32.2. The second kappa shape index (κ2) is 10.5. The molecule has 9 heteroatoms. The molecule has 1 unspecified atom stereocenters. The molecule has 0 aliphatic carbocycles. The summed E-state index contributed by atoms with van der Waals surface area (Å²) in [4.78, 5) is 27.4. The van der Waals surface area contributed by atoms with E-state index in [9.17, 15) is 9.59 Å². The van der Waals surface area contributed by atoms with Crippen LogP contribution in [0, 0.1) is 0 Å². The molecule has 3 aromatic rings. The summed E-state index contributed by atoms with van der Waals surface area (Å²) in [6.45, 7) is 3.32. The van der Waals surface area contributed by atoms with Crippen molar-refractivity contribution in [1.82, 2.24) is 19.7 Å². The van der Waals surface area contributed by atoms with E-state index in [4.69, 9.17) is 4.74 Å². The smallest absolute Gasteiger partial charge is 0.254 e. The third-order valence-electron chi connectivity index (χ3n) is 5.51. The second-order valence-electron chi connectivity index (χ2n) is 7.80. The lowest BCUT2D eigenvalue weighted by atomic mass is 10.0. The minimum Gasteiger partial charge on any atom is -0.494 e. The first-order valence-electron chi connectivity index (χ1n) is 11.0. The lowest BCUT2D eigenvalue weighted by Crippen LogP contribution is -2.30. The van der Waals surface area contributed by atoms with Crippen LogP contribution in [-0.4, -0.2) is 50.4 Å². The van der Waals surface area contributed by atoms with Gasteiger partial charge in [0.2, 0.25) is 5.91 Å². The Hall–Kier alpha value is -3.33. The van der Waals surface area contributed by atoms with E-state index in [1.807, 2.05) is 43.1 Å². The van der Waals surface area contributed by atoms with Gasteiger partial charge in [-0.05, 0) is 61.7 Å². The fourth-order valence-electron chi connectivity index (χ4n) is 3.90. The normalized spacial score (nSPS) is 15.5. The van der Waals surface area contributed by atoms with Crippen LogP contribution in [0.25, 0.3) is 0 Å².